The minimum atomic E-state index is 0.377. The molecule has 0 radical (unpaired) electrons. The summed E-state index contributed by atoms with van der Waals surface area (Å²) in [5.41, 5.74) is 7.96. The normalized spacial score (nSPS) is 12.2. The van der Waals surface area contributed by atoms with Crippen LogP contribution < -0.4 is 56.8 Å². The molecule has 8 heterocycles. The van der Waals surface area contributed by atoms with Crippen molar-refractivity contribution in [3.8, 4) is 280 Å². The van der Waals surface area contributed by atoms with Gasteiger partial charge in [0.1, 0.15) is 0 Å². The van der Waals surface area contributed by atoms with Crippen LogP contribution in [0.5, 0.6) is 138 Å². The molecule has 18 heteroatoms. The standard InChI is InChI=1S/2C45H21N3O6/c1-4-25-9-15-33-37(19-25)51-36-18-12-28(22-40(36)52-33)43-46-44(29-10-16-34-41(23-29)53-38-20-26(5-2)7-13-31(38)49-34)48-45(47-43)30-11-17-35-42(24-30)54-39-21-27(6-3)8-14-32(39)50-35;1-4-25-7-13-31-37(19-25)52-40-22-28(10-16-34(40)49-31)43-46-44(29-11-17-35-41(23-29)53-38-20-26(5-2)8-14-32(38)50-35)48-45(47-43)30-12-18-36-42(24-30)54-39-21-27(6-3)9-15-33(39)51-36/h2*1-3,7-24H. The summed E-state index contributed by atoms with van der Waals surface area (Å²) in [6.07, 6.45) is 33.7. The maximum Gasteiger partial charge on any atom is 0.171 e. The Hall–Kier alpha value is -16.4. The molecule has 2 aromatic heterocycles. The topological polar surface area (TPSA) is 188 Å². The summed E-state index contributed by atoms with van der Waals surface area (Å²) < 4.78 is 74.2. The highest BCUT2D eigenvalue weighted by molar-refractivity contribution is 5.77. The van der Waals surface area contributed by atoms with Gasteiger partial charge in [0.25, 0.3) is 0 Å². The summed E-state index contributed by atoms with van der Waals surface area (Å²) in [5.74, 6) is 30.5. The predicted molar refractivity (Wildman–Crippen MR) is 399 cm³/mol. The van der Waals surface area contributed by atoms with Crippen molar-refractivity contribution in [2.45, 2.75) is 0 Å². The lowest BCUT2D eigenvalue weighted by Gasteiger charge is -2.22. The Morgan fingerprint density at radius 3 is 0.417 bits per heavy atom. The number of hydrogen-bond donors (Lipinski definition) is 0. The van der Waals surface area contributed by atoms with Gasteiger partial charge in [-0.25, -0.2) is 29.9 Å². The zero-order valence-electron chi connectivity index (χ0n) is 55.8. The molecule has 0 aliphatic carbocycles. The second-order valence-electron chi connectivity index (χ2n) is 24.6. The van der Waals surface area contributed by atoms with Gasteiger partial charge >= 0.3 is 0 Å². The van der Waals surface area contributed by atoms with Gasteiger partial charge in [0.15, 0.2) is 173 Å². The number of hydrogen-bond acceptors (Lipinski definition) is 18. The van der Waals surface area contributed by atoms with Crippen molar-refractivity contribution < 1.29 is 56.8 Å². The van der Waals surface area contributed by atoms with Crippen LogP contribution in [-0.4, -0.2) is 29.9 Å². The molecule has 0 bridgehead atoms. The smallest absolute Gasteiger partial charge is 0.171 e. The molecule has 0 spiro atoms. The first-order valence-corrected chi connectivity index (χ1v) is 33.2. The van der Waals surface area contributed by atoms with Crippen LogP contribution in [0.2, 0.25) is 0 Å². The Labute approximate surface area is 615 Å². The lowest BCUT2D eigenvalue weighted by molar-refractivity contribution is 0.359. The molecule has 504 valence electrons. The molecule has 6 aliphatic rings. The van der Waals surface area contributed by atoms with E-state index in [9.17, 15) is 0 Å². The largest absolute Gasteiger partial charge is 0.450 e. The SMILES string of the molecule is C#Cc1ccc2c(c1)Oc1cc(-c3nc(-c4ccc5c(c4)Oc4cc(C#C)ccc4O5)nc(-c4ccc5c(c4)Oc4cc(C#C)ccc4O5)n3)ccc1O2.C#Cc1ccc2c(c1)Oc1ccc(-c3nc(-c4ccc5c(c4)Oc4cc(C#C)ccc4O5)nc(-c4ccc5c(c4)Oc4cc(C#C)ccc4O5)n3)cc1O2. The van der Waals surface area contributed by atoms with Crippen LogP contribution in [-0.2, 0) is 0 Å². The fourth-order valence-corrected chi connectivity index (χ4v) is 12.4. The number of ether oxygens (including phenoxy) is 12. The van der Waals surface area contributed by atoms with Crippen molar-refractivity contribution in [2.75, 3.05) is 0 Å². The van der Waals surface area contributed by atoms with E-state index in [1.165, 1.54) is 0 Å². The van der Waals surface area contributed by atoms with Gasteiger partial charge in [-0.2, -0.15) is 0 Å². The maximum absolute atomic E-state index is 6.25. The molecule has 0 saturated heterocycles. The van der Waals surface area contributed by atoms with Crippen molar-refractivity contribution in [2.24, 2.45) is 0 Å². The Bertz CT molecular complexity index is 6120. The Balaban J connectivity index is 0.000000147. The average molecular weight is 1400 g/mol. The van der Waals surface area contributed by atoms with Crippen molar-refractivity contribution in [3.63, 3.8) is 0 Å². The van der Waals surface area contributed by atoms with E-state index in [1.54, 1.807) is 115 Å². The maximum atomic E-state index is 6.25. The zero-order chi connectivity index (χ0) is 72.7. The number of aromatic nitrogens is 6. The molecule has 18 nitrogen and oxygen atoms in total. The van der Waals surface area contributed by atoms with Gasteiger partial charge in [-0.3, -0.25) is 0 Å². The molecular weight excluding hydrogens is 1360 g/mol. The first kappa shape index (κ1) is 62.6. The predicted octanol–water partition coefficient (Wildman–Crippen LogP) is 21.0. The average Bonchev–Trinajstić information content (AvgIpc) is 0.773. The van der Waals surface area contributed by atoms with Crippen LogP contribution in [0, 0.1) is 74.1 Å². The van der Waals surface area contributed by atoms with E-state index >= 15 is 0 Å². The van der Waals surface area contributed by atoms with Crippen molar-refractivity contribution in [3.05, 3.63) is 252 Å². The van der Waals surface area contributed by atoms with Crippen LogP contribution in [0.25, 0.3) is 68.3 Å². The highest BCUT2D eigenvalue weighted by Gasteiger charge is 2.29. The lowest BCUT2D eigenvalue weighted by atomic mass is 10.1. The van der Waals surface area contributed by atoms with E-state index in [0.717, 1.165) is 0 Å². The Kier molecular flexibility index (Phi) is 14.7. The number of benzene rings is 12. The van der Waals surface area contributed by atoms with Crippen molar-refractivity contribution in [1.29, 1.82) is 0 Å². The number of terminal acetylenes is 6. The summed E-state index contributed by atoms with van der Waals surface area (Å²) in [5, 5.41) is 0. The van der Waals surface area contributed by atoms with Crippen molar-refractivity contribution >= 4 is 0 Å². The summed E-state index contributed by atoms with van der Waals surface area (Å²) >= 11 is 0. The summed E-state index contributed by atoms with van der Waals surface area (Å²) in [4.78, 5) is 29.6. The fourth-order valence-electron chi connectivity index (χ4n) is 12.4. The van der Waals surface area contributed by atoms with E-state index < -0.39 is 0 Å². The molecule has 20 rings (SSSR count). The highest BCUT2D eigenvalue weighted by Crippen LogP contribution is 2.54. The van der Waals surface area contributed by atoms with Gasteiger partial charge in [0.05, 0.1) is 0 Å². The van der Waals surface area contributed by atoms with E-state index in [2.05, 4.69) is 35.5 Å². The van der Waals surface area contributed by atoms with Gasteiger partial charge in [-0.1, -0.05) is 35.5 Å². The molecule has 0 saturated carbocycles. The van der Waals surface area contributed by atoms with Crippen LogP contribution in [0.15, 0.2) is 218 Å². The summed E-state index contributed by atoms with van der Waals surface area (Å²) in [6.45, 7) is 0. The van der Waals surface area contributed by atoms with Crippen LogP contribution in [0.3, 0.4) is 0 Å². The van der Waals surface area contributed by atoms with E-state index in [4.69, 9.17) is 125 Å². The van der Waals surface area contributed by atoms with E-state index in [1.807, 2.05) is 103 Å². The molecule has 0 atom stereocenters. The second-order valence-corrected chi connectivity index (χ2v) is 24.6. The molecule has 0 N–H and O–H groups in total. The monoisotopic (exact) mass is 1400 g/mol. The summed E-state index contributed by atoms with van der Waals surface area (Å²) in [6, 6.07) is 64.9. The van der Waals surface area contributed by atoms with Gasteiger partial charge in [0, 0.05) is 103 Å². The third-order valence-corrected chi connectivity index (χ3v) is 17.8. The summed E-state index contributed by atoms with van der Waals surface area (Å²) in [7, 11) is 0. The van der Waals surface area contributed by atoms with E-state index in [0.29, 0.717) is 240 Å². The van der Waals surface area contributed by atoms with Gasteiger partial charge in [-0.15, -0.1) is 38.5 Å². The lowest BCUT2D eigenvalue weighted by Crippen LogP contribution is -2.04. The molecule has 14 aromatic rings. The van der Waals surface area contributed by atoms with Crippen LogP contribution in [0.4, 0.5) is 0 Å². The highest BCUT2D eigenvalue weighted by atomic mass is 16.6. The number of fused-ring (bicyclic) bond motifs is 12. The third-order valence-electron chi connectivity index (χ3n) is 17.8. The van der Waals surface area contributed by atoms with Gasteiger partial charge in [-0.05, 0) is 182 Å². The Morgan fingerprint density at radius 2 is 0.269 bits per heavy atom. The molecule has 12 aromatic carbocycles. The zero-order valence-corrected chi connectivity index (χ0v) is 55.8. The number of rotatable bonds is 6. The second kappa shape index (κ2) is 25.3. The molecule has 108 heavy (non-hydrogen) atoms. The quantitative estimate of drug-likeness (QED) is 0.143. The van der Waals surface area contributed by atoms with E-state index in [-0.39, 0.29) is 0 Å². The van der Waals surface area contributed by atoms with Gasteiger partial charge in [0.2, 0.25) is 0 Å². The molecular formula is C90H42N6O12. The third kappa shape index (κ3) is 11.5. The van der Waals surface area contributed by atoms with Crippen molar-refractivity contribution in [1.82, 2.24) is 29.9 Å². The molecule has 0 unspecified atom stereocenters. The minimum absolute atomic E-state index is 0.377. The molecule has 6 aliphatic heterocycles. The first-order chi connectivity index (χ1) is 53.0. The van der Waals surface area contributed by atoms with Gasteiger partial charge < -0.3 is 56.8 Å². The minimum Gasteiger partial charge on any atom is -0.450 e. The fraction of sp³-hybridized carbons (Fsp3) is 0. The first-order valence-electron chi connectivity index (χ1n) is 33.2. The Morgan fingerprint density at radius 1 is 0.148 bits per heavy atom. The molecule has 0 amide bonds. The molecule has 0 fully saturated rings. The number of nitrogens with zero attached hydrogens (tertiary/aromatic N) is 6. The van der Waals surface area contributed by atoms with Crippen LogP contribution >= 0.6 is 0 Å². The van der Waals surface area contributed by atoms with Crippen LogP contribution in [0.1, 0.15) is 33.4 Å².